The average molecular weight is 464 g/mol. The Morgan fingerprint density at radius 2 is 1.82 bits per heavy atom. The van der Waals surface area contributed by atoms with E-state index in [9.17, 15) is 27.2 Å². The fourth-order valence-electron chi connectivity index (χ4n) is 3.05. The summed E-state index contributed by atoms with van der Waals surface area (Å²) in [5, 5.41) is 6.55. The van der Waals surface area contributed by atoms with Crippen molar-refractivity contribution in [2.45, 2.75) is 25.7 Å². The zero-order valence-corrected chi connectivity index (χ0v) is 17.6. The van der Waals surface area contributed by atoms with Crippen LogP contribution in [0.1, 0.15) is 39.2 Å². The number of nitrogens with zero attached hydrogens (tertiary/aromatic N) is 2. The van der Waals surface area contributed by atoms with E-state index in [0.29, 0.717) is 15.8 Å². The molecule has 0 aliphatic rings. The van der Waals surface area contributed by atoms with Crippen LogP contribution in [-0.2, 0) is 6.54 Å². The minimum atomic E-state index is -4.55. The van der Waals surface area contributed by atoms with Gasteiger partial charge in [0.25, 0.3) is 11.8 Å². The monoisotopic (exact) mass is 464 g/mol. The Bertz CT molecular complexity index is 1170. The maximum Gasteiger partial charge on any atom is 0.410 e. The zero-order valence-electron chi connectivity index (χ0n) is 17.6. The molecule has 0 spiro atoms. The molecule has 1 atom stereocenters. The van der Waals surface area contributed by atoms with Crippen molar-refractivity contribution in [1.29, 1.82) is 0 Å². The highest BCUT2D eigenvalue weighted by Crippen LogP contribution is 2.32. The van der Waals surface area contributed by atoms with Gasteiger partial charge in [-0.25, -0.2) is 4.39 Å². The molecule has 33 heavy (non-hydrogen) atoms. The number of alkyl halides is 3. The van der Waals surface area contributed by atoms with Gasteiger partial charge in [-0.3, -0.25) is 14.3 Å². The van der Waals surface area contributed by atoms with Crippen LogP contribution in [0.4, 0.5) is 17.6 Å². The summed E-state index contributed by atoms with van der Waals surface area (Å²) in [6.45, 7) is 1.00. The molecule has 0 aliphatic carbocycles. The van der Waals surface area contributed by atoms with E-state index >= 15 is 0 Å². The molecule has 174 valence electrons. The first-order valence-electron chi connectivity index (χ1n) is 9.68. The van der Waals surface area contributed by atoms with Crippen molar-refractivity contribution in [3.63, 3.8) is 0 Å². The second kappa shape index (κ2) is 9.31. The first kappa shape index (κ1) is 23.8. The number of carbonyl (C=O) groups is 2. The van der Waals surface area contributed by atoms with Gasteiger partial charge in [0.15, 0.2) is 0 Å². The van der Waals surface area contributed by atoms with E-state index < -0.39 is 29.8 Å². The SMILES string of the molecule is COc1ccc(F)cc1C(=O)NCc1ccc(-c2nn(C(C)C(F)(F)F)cc2C(N)=O)cc1. The van der Waals surface area contributed by atoms with Crippen LogP contribution in [0.3, 0.4) is 0 Å². The lowest BCUT2D eigenvalue weighted by atomic mass is 10.1. The molecule has 0 aliphatic heterocycles. The number of benzene rings is 2. The quantitative estimate of drug-likeness (QED) is 0.519. The third-order valence-electron chi connectivity index (χ3n) is 4.95. The van der Waals surface area contributed by atoms with Gasteiger partial charge in [0, 0.05) is 18.3 Å². The lowest BCUT2D eigenvalue weighted by molar-refractivity contribution is -0.165. The number of halogens is 4. The van der Waals surface area contributed by atoms with Gasteiger partial charge in [-0.05, 0) is 30.7 Å². The Balaban J connectivity index is 1.78. The van der Waals surface area contributed by atoms with Crippen molar-refractivity contribution in [2.24, 2.45) is 5.73 Å². The van der Waals surface area contributed by atoms with Gasteiger partial charge in [0.1, 0.15) is 23.3 Å². The summed E-state index contributed by atoms with van der Waals surface area (Å²) in [6.07, 6.45) is -3.58. The number of hydrogen-bond acceptors (Lipinski definition) is 4. The molecule has 0 saturated heterocycles. The molecule has 1 unspecified atom stereocenters. The summed E-state index contributed by atoms with van der Waals surface area (Å²) >= 11 is 0. The minimum Gasteiger partial charge on any atom is -0.496 e. The summed E-state index contributed by atoms with van der Waals surface area (Å²) < 4.78 is 58.3. The summed E-state index contributed by atoms with van der Waals surface area (Å²) in [5.41, 5.74) is 6.23. The molecular weight excluding hydrogens is 444 g/mol. The highest BCUT2D eigenvalue weighted by atomic mass is 19.4. The van der Waals surface area contributed by atoms with E-state index in [4.69, 9.17) is 10.5 Å². The summed E-state index contributed by atoms with van der Waals surface area (Å²) in [7, 11) is 1.36. The molecule has 7 nitrogen and oxygen atoms in total. The van der Waals surface area contributed by atoms with Crippen LogP contribution in [0.15, 0.2) is 48.7 Å². The molecule has 11 heteroatoms. The first-order chi connectivity index (χ1) is 15.5. The predicted octanol–water partition coefficient (Wildman–Crippen LogP) is 3.85. The lowest BCUT2D eigenvalue weighted by Gasteiger charge is -2.15. The van der Waals surface area contributed by atoms with E-state index in [1.165, 1.54) is 19.2 Å². The second-order valence-corrected chi connectivity index (χ2v) is 7.18. The molecule has 0 radical (unpaired) electrons. The van der Waals surface area contributed by atoms with Gasteiger partial charge in [0.2, 0.25) is 0 Å². The standard InChI is InChI=1S/C22H20F4N4O3/c1-12(22(24,25)26)30-11-17(20(27)31)19(29-30)14-5-3-13(4-6-14)10-28-21(32)16-9-15(23)7-8-18(16)33-2/h3-9,11-12H,10H2,1-2H3,(H2,27,31)(H,28,32). The van der Waals surface area contributed by atoms with E-state index in [1.54, 1.807) is 24.3 Å². The van der Waals surface area contributed by atoms with Crippen molar-refractivity contribution < 1.29 is 31.9 Å². The number of carbonyl (C=O) groups excluding carboxylic acids is 2. The molecular formula is C22H20F4N4O3. The average Bonchev–Trinajstić information content (AvgIpc) is 3.22. The Hall–Kier alpha value is -3.89. The molecule has 1 aromatic heterocycles. The van der Waals surface area contributed by atoms with Gasteiger partial charge in [0.05, 0.1) is 18.2 Å². The predicted molar refractivity (Wildman–Crippen MR) is 111 cm³/mol. The van der Waals surface area contributed by atoms with Gasteiger partial charge in [-0.2, -0.15) is 18.3 Å². The number of aromatic nitrogens is 2. The van der Waals surface area contributed by atoms with E-state index in [0.717, 1.165) is 19.2 Å². The number of hydrogen-bond donors (Lipinski definition) is 2. The third kappa shape index (κ3) is 5.30. The number of ether oxygens (including phenoxy) is 1. The Labute approximate surface area is 186 Å². The highest BCUT2D eigenvalue weighted by molar-refractivity contribution is 5.98. The van der Waals surface area contributed by atoms with E-state index in [1.807, 2.05) is 0 Å². The smallest absolute Gasteiger partial charge is 0.410 e. The topological polar surface area (TPSA) is 99.2 Å². The van der Waals surface area contributed by atoms with Crippen molar-refractivity contribution >= 4 is 11.8 Å². The second-order valence-electron chi connectivity index (χ2n) is 7.18. The molecule has 0 fully saturated rings. The number of nitrogens with one attached hydrogen (secondary N) is 1. The Kier molecular flexibility index (Phi) is 6.70. The van der Waals surface area contributed by atoms with Crippen molar-refractivity contribution in [1.82, 2.24) is 15.1 Å². The number of methoxy groups -OCH3 is 1. The normalized spacial score (nSPS) is 12.3. The molecule has 2 amide bonds. The lowest BCUT2D eigenvalue weighted by Crippen LogP contribution is -2.24. The number of nitrogens with two attached hydrogens (primary N) is 1. The number of primary amides is 1. The third-order valence-corrected chi connectivity index (χ3v) is 4.95. The fourth-order valence-corrected chi connectivity index (χ4v) is 3.05. The molecule has 2 aromatic carbocycles. The van der Waals surface area contributed by atoms with E-state index in [-0.39, 0.29) is 29.1 Å². The van der Waals surface area contributed by atoms with E-state index in [2.05, 4.69) is 10.4 Å². The van der Waals surface area contributed by atoms with Crippen LogP contribution in [0, 0.1) is 5.82 Å². The number of rotatable bonds is 7. The van der Waals surface area contributed by atoms with Gasteiger partial charge in [-0.1, -0.05) is 24.3 Å². The number of amides is 2. The summed E-state index contributed by atoms with van der Waals surface area (Å²) in [6, 6.07) is 7.92. The maximum absolute atomic E-state index is 13.5. The van der Waals surface area contributed by atoms with Crippen LogP contribution in [-0.4, -0.2) is 34.9 Å². The molecule has 3 rings (SSSR count). The zero-order chi connectivity index (χ0) is 24.3. The van der Waals surface area contributed by atoms with Crippen LogP contribution in [0.5, 0.6) is 5.75 Å². The molecule has 3 N–H and O–H groups in total. The summed E-state index contributed by atoms with van der Waals surface area (Å²) in [4.78, 5) is 24.1. The van der Waals surface area contributed by atoms with Crippen LogP contribution >= 0.6 is 0 Å². The Morgan fingerprint density at radius 1 is 1.15 bits per heavy atom. The fraction of sp³-hybridized carbons (Fsp3) is 0.227. The van der Waals surface area contributed by atoms with Crippen LogP contribution in [0.25, 0.3) is 11.3 Å². The van der Waals surface area contributed by atoms with Crippen molar-refractivity contribution in [3.8, 4) is 17.0 Å². The molecule has 0 saturated carbocycles. The van der Waals surface area contributed by atoms with Gasteiger partial charge in [-0.15, -0.1) is 0 Å². The Morgan fingerprint density at radius 3 is 2.39 bits per heavy atom. The largest absolute Gasteiger partial charge is 0.496 e. The van der Waals surface area contributed by atoms with Crippen LogP contribution < -0.4 is 15.8 Å². The molecule has 1 heterocycles. The molecule has 3 aromatic rings. The van der Waals surface area contributed by atoms with Gasteiger partial charge < -0.3 is 15.8 Å². The highest BCUT2D eigenvalue weighted by Gasteiger charge is 2.38. The van der Waals surface area contributed by atoms with Crippen LogP contribution in [0.2, 0.25) is 0 Å². The summed E-state index contributed by atoms with van der Waals surface area (Å²) in [5.74, 6) is -1.83. The minimum absolute atomic E-state index is 0.0127. The van der Waals surface area contributed by atoms with Crippen molar-refractivity contribution in [2.75, 3.05) is 7.11 Å². The maximum atomic E-state index is 13.5. The van der Waals surface area contributed by atoms with Gasteiger partial charge >= 0.3 is 6.18 Å². The molecule has 0 bridgehead atoms. The first-order valence-corrected chi connectivity index (χ1v) is 9.68. The van der Waals surface area contributed by atoms with Crippen molar-refractivity contribution in [3.05, 3.63) is 71.2 Å².